The van der Waals surface area contributed by atoms with Gasteiger partial charge in [0.1, 0.15) is 0 Å². The summed E-state index contributed by atoms with van der Waals surface area (Å²) in [5.74, 6) is 0. The van der Waals surface area contributed by atoms with Gasteiger partial charge in [0.2, 0.25) is 0 Å². The quantitative estimate of drug-likeness (QED) is 0.648. The van der Waals surface area contributed by atoms with E-state index < -0.39 is 0 Å². The first-order chi connectivity index (χ1) is 5.24. The normalized spacial score (nSPS) is 13.0. The largest absolute Gasteiger partial charge is 0.250 e. The topological polar surface area (TPSA) is 23.8 Å². The van der Waals surface area contributed by atoms with Gasteiger partial charge < -0.3 is 0 Å². The highest BCUT2D eigenvalue weighted by molar-refractivity contribution is 6.30. The molecule has 0 saturated heterocycles. The van der Waals surface area contributed by atoms with Crippen LogP contribution in [0.15, 0.2) is 24.3 Å². The summed E-state index contributed by atoms with van der Waals surface area (Å²) in [6, 6.07) is 7.36. The monoisotopic (exact) mass is 168 g/mol. The summed E-state index contributed by atoms with van der Waals surface area (Å²) in [5.41, 5.74) is 8.63. The molecule has 1 nitrogen and oxygen atoms in total. The molecule has 1 aromatic carbocycles. The predicted octanol–water partition coefficient (Wildman–Crippen LogP) is 3.07. The van der Waals surface area contributed by atoms with Crippen LogP contribution in [-0.2, 0) is 0 Å². The van der Waals surface area contributed by atoms with Gasteiger partial charge in [0.25, 0.3) is 0 Å². The fraction of sp³-hybridized carbons (Fsp3) is 0.333. The van der Waals surface area contributed by atoms with Gasteiger partial charge in [-0.15, -0.1) is 0 Å². The maximum Gasteiger partial charge on any atom is 0.0460 e. The zero-order chi connectivity index (χ0) is 8.27. The number of nitrogens with one attached hydrogen (secondary N) is 1. The molecule has 1 aromatic rings. The average molecular weight is 169 g/mol. The molecule has 0 amide bonds. The molecule has 0 spiro atoms. The van der Waals surface area contributed by atoms with Crippen molar-refractivity contribution in [3.63, 3.8) is 0 Å². The summed E-state index contributed by atoms with van der Waals surface area (Å²) in [6.45, 7) is 2.01. The van der Waals surface area contributed by atoms with E-state index in [1.807, 2.05) is 31.2 Å². The van der Waals surface area contributed by atoms with Crippen LogP contribution in [0.3, 0.4) is 0 Å². The molecule has 59 valence electrons. The number of benzene rings is 1. The van der Waals surface area contributed by atoms with Crippen molar-refractivity contribution in [2.45, 2.75) is 19.4 Å². The SMILES string of the molecule is CCC([NH])c1ccc(Cl)cc1. The van der Waals surface area contributed by atoms with Crippen LogP contribution in [0, 0.1) is 0 Å². The van der Waals surface area contributed by atoms with Crippen LogP contribution in [0.5, 0.6) is 0 Å². The molecule has 0 aliphatic carbocycles. The van der Waals surface area contributed by atoms with E-state index in [1.165, 1.54) is 0 Å². The van der Waals surface area contributed by atoms with Crippen molar-refractivity contribution in [3.05, 3.63) is 34.9 Å². The Labute approximate surface area is 72.2 Å². The first kappa shape index (κ1) is 8.57. The zero-order valence-electron chi connectivity index (χ0n) is 6.47. The van der Waals surface area contributed by atoms with E-state index in [1.54, 1.807) is 0 Å². The first-order valence-corrected chi connectivity index (χ1v) is 4.08. The van der Waals surface area contributed by atoms with Crippen molar-refractivity contribution in [1.29, 1.82) is 0 Å². The van der Waals surface area contributed by atoms with E-state index in [-0.39, 0.29) is 6.04 Å². The maximum atomic E-state index is 7.59. The van der Waals surface area contributed by atoms with E-state index in [0.717, 1.165) is 17.0 Å². The van der Waals surface area contributed by atoms with Crippen LogP contribution < -0.4 is 5.73 Å². The summed E-state index contributed by atoms with van der Waals surface area (Å²) in [4.78, 5) is 0. The van der Waals surface area contributed by atoms with Gasteiger partial charge in [0.05, 0.1) is 0 Å². The van der Waals surface area contributed by atoms with Crippen LogP contribution in [0.25, 0.3) is 0 Å². The Morgan fingerprint density at radius 3 is 2.36 bits per heavy atom. The van der Waals surface area contributed by atoms with Gasteiger partial charge in [-0.3, -0.25) is 0 Å². The van der Waals surface area contributed by atoms with Gasteiger partial charge in [-0.1, -0.05) is 30.7 Å². The third kappa shape index (κ3) is 2.21. The summed E-state index contributed by atoms with van der Waals surface area (Å²) in [6.07, 6.45) is 0.849. The molecule has 1 N–H and O–H groups in total. The molecule has 0 aromatic heterocycles. The molecule has 0 fully saturated rings. The van der Waals surface area contributed by atoms with Crippen LogP contribution in [0.4, 0.5) is 0 Å². The minimum atomic E-state index is -0.104. The Morgan fingerprint density at radius 2 is 1.91 bits per heavy atom. The molecule has 11 heavy (non-hydrogen) atoms. The van der Waals surface area contributed by atoms with Crippen LogP contribution in [-0.4, -0.2) is 0 Å². The first-order valence-electron chi connectivity index (χ1n) is 3.70. The van der Waals surface area contributed by atoms with Crippen molar-refractivity contribution in [3.8, 4) is 0 Å². The van der Waals surface area contributed by atoms with Crippen molar-refractivity contribution in [2.24, 2.45) is 0 Å². The third-order valence-corrected chi connectivity index (χ3v) is 1.93. The number of hydrogen-bond acceptors (Lipinski definition) is 0. The second kappa shape index (κ2) is 3.74. The lowest BCUT2D eigenvalue weighted by atomic mass is 10.1. The lowest BCUT2D eigenvalue weighted by molar-refractivity contribution is 0.676. The molecule has 1 radical (unpaired) electrons. The summed E-state index contributed by atoms with van der Waals surface area (Å²) >= 11 is 5.70. The van der Waals surface area contributed by atoms with E-state index in [9.17, 15) is 0 Å². The van der Waals surface area contributed by atoms with Gasteiger partial charge in [-0.05, 0) is 24.1 Å². The van der Waals surface area contributed by atoms with Crippen LogP contribution >= 0.6 is 11.6 Å². The fourth-order valence-electron chi connectivity index (χ4n) is 0.931. The van der Waals surface area contributed by atoms with Crippen molar-refractivity contribution in [2.75, 3.05) is 0 Å². The summed E-state index contributed by atoms with van der Waals surface area (Å²) in [7, 11) is 0. The molecule has 0 saturated carbocycles. The van der Waals surface area contributed by atoms with Crippen LogP contribution in [0.1, 0.15) is 24.9 Å². The van der Waals surface area contributed by atoms with E-state index >= 15 is 0 Å². The van der Waals surface area contributed by atoms with Gasteiger partial charge in [-0.2, -0.15) is 0 Å². The lowest BCUT2D eigenvalue weighted by Gasteiger charge is -2.06. The molecular formula is C9H11ClN. The second-order valence-electron chi connectivity index (χ2n) is 2.51. The molecule has 1 atom stereocenters. The van der Waals surface area contributed by atoms with E-state index in [2.05, 4.69) is 0 Å². The molecule has 0 bridgehead atoms. The molecule has 2 heteroatoms. The van der Waals surface area contributed by atoms with Gasteiger partial charge in [0.15, 0.2) is 0 Å². The lowest BCUT2D eigenvalue weighted by Crippen LogP contribution is -1.96. The van der Waals surface area contributed by atoms with Gasteiger partial charge >= 0.3 is 0 Å². The number of hydrogen-bond donors (Lipinski definition) is 0. The zero-order valence-corrected chi connectivity index (χ0v) is 7.23. The number of rotatable bonds is 2. The highest BCUT2D eigenvalue weighted by atomic mass is 35.5. The predicted molar refractivity (Wildman–Crippen MR) is 47.6 cm³/mol. The smallest absolute Gasteiger partial charge is 0.0460 e. The van der Waals surface area contributed by atoms with Crippen molar-refractivity contribution in [1.82, 2.24) is 5.73 Å². The van der Waals surface area contributed by atoms with E-state index in [4.69, 9.17) is 17.3 Å². The third-order valence-electron chi connectivity index (χ3n) is 1.68. The van der Waals surface area contributed by atoms with Gasteiger partial charge in [-0.25, -0.2) is 5.73 Å². The minimum absolute atomic E-state index is 0.104. The minimum Gasteiger partial charge on any atom is -0.250 e. The highest BCUT2D eigenvalue weighted by Gasteiger charge is 2.01. The van der Waals surface area contributed by atoms with Crippen molar-refractivity contribution < 1.29 is 0 Å². The molecule has 1 unspecified atom stereocenters. The molecule has 0 aliphatic rings. The molecule has 0 heterocycles. The van der Waals surface area contributed by atoms with Crippen LogP contribution in [0.2, 0.25) is 5.02 Å². The summed E-state index contributed by atoms with van der Waals surface area (Å²) in [5, 5.41) is 0.733. The standard InChI is InChI=1S/C9H11ClN/c1-2-9(11)7-3-5-8(10)6-4-7/h3-6,9,11H,2H2,1H3. The average Bonchev–Trinajstić information content (AvgIpc) is 2.05. The van der Waals surface area contributed by atoms with Crippen molar-refractivity contribution >= 4 is 11.6 Å². The Bertz CT molecular complexity index is 218. The molecule has 0 aliphatic heterocycles. The molecule has 1 rings (SSSR count). The van der Waals surface area contributed by atoms with E-state index in [0.29, 0.717) is 0 Å². The Hall–Kier alpha value is -0.530. The molecular weight excluding hydrogens is 158 g/mol. The Morgan fingerprint density at radius 1 is 1.36 bits per heavy atom. The Kier molecular flexibility index (Phi) is 2.92. The second-order valence-corrected chi connectivity index (χ2v) is 2.95. The maximum absolute atomic E-state index is 7.59. The summed E-state index contributed by atoms with van der Waals surface area (Å²) < 4.78 is 0. The highest BCUT2D eigenvalue weighted by Crippen LogP contribution is 2.17. The fourth-order valence-corrected chi connectivity index (χ4v) is 1.06. The van der Waals surface area contributed by atoms with Gasteiger partial charge in [0, 0.05) is 11.1 Å². The number of halogens is 1. The Balaban J connectivity index is 2.81.